The molecule has 0 aliphatic rings. The molecule has 0 saturated heterocycles. The number of aliphatic hydroxyl groups excluding tert-OH is 1. The van der Waals surface area contributed by atoms with E-state index in [4.69, 9.17) is 15.3 Å². The second-order valence-corrected chi connectivity index (χ2v) is 2.14. The zero-order valence-electron chi connectivity index (χ0n) is 6.36. The van der Waals surface area contributed by atoms with E-state index < -0.39 is 11.9 Å². The first-order chi connectivity index (χ1) is 5.57. The Bertz CT molecular complexity index is 206. The lowest BCUT2D eigenvalue weighted by Crippen LogP contribution is -2.04. The molecule has 0 unspecified atom stereocenters. The maximum Gasteiger partial charge on any atom is 0.331 e. The SMILES string of the molecule is O=C(O)/C=C(\CCCO)C(=O)O. The summed E-state index contributed by atoms with van der Waals surface area (Å²) in [6, 6.07) is 0. The minimum absolute atomic E-state index is 0.0676. The first kappa shape index (κ1) is 10.6. The van der Waals surface area contributed by atoms with E-state index >= 15 is 0 Å². The van der Waals surface area contributed by atoms with Gasteiger partial charge < -0.3 is 15.3 Å². The highest BCUT2D eigenvalue weighted by atomic mass is 16.4. The third-order valence-corrected chi connectivity index (χ3v) is 1.18. The van der Waals surface area contributed by atoms with Crippen molar-refractivity contribution in [2.75, 3.05) is 6.61 Å². The molecule has 0 spiro atoms. The van der Waals surface area contributed by atoms with Gasteiger partial charge in [0.1, 0.15) is 0 Å². The van der Waals surface area contributed by atoms with Crippen molar-refractivity contribution in [3.05, 3.63) is 11.6 Å². The van der Waals surface area contributed by atoms with Crippen molar-refractivity contribution in [1.82, 2.24) is 0 Å². The van der Waals surface area contributed by atoms with Crippen molar-refractivity contribution in [2.45, 2.75) is 12.8 Å². The predicted molar refractivity (Wildman–Crippen MR) is 39.7 cm³/mol. The largest absolute Gasteiger partial charge is 0.478 e. The Morgan fingerprint density at radius 3 is 2.17 bits per heavy atom. The third kappa shape index (κ3) is 4.45. The highest BCUT2D eigenvalue weighted by Gasteiger charge is 2.08. The minimum atomic E-state index is -1.29. The quantitative estimate of drug-likeness (QED) is 0.504. The summed E-state index contributed by atoms with van der Waals surface area (Å²) in [5.74, 6) is -2.55. The van der Waals surface area contributed by atoms with Crippen LogP contribution in [-0.2, 0) is 9.59 Å². The van der Waals surface area contributed by atoms with Crippen molar-refractivity contribution in [1.29, 1.82) is 0 Å². The van der Waals surface area contributed by atoms with Crippen LogP contribution in [0.4, 0.5) is 0 Å². The van der Waals surface area contributed by atoms with Crippen molar-refractivity contribution in [3.63, 3.8) is 0 Å². The van der Waals surface area contributed by atoms with Gasteiger partial charge in [-0.25, -0.2) is 9.59 Å². The molecule has 0 saturated carbocycles. The van der Waals surface area contributed by atoms with Gasteiger partial charge in [-0.3, -0.25) is 0 Å². The minimum Gasteiger partial charge on any atom is -0.478 e. The Labute approximate surface area is 68.9 Å². The lowest BCUT2D eigenvalue weighted by Gasteiger charge is -1.97. The monoisotopic (exact) mass is 174 g/mol. The fourth-order valence-corrected chi connectivity index (χ4v) is 0.659. The van der Waals surface area contributed by atoms with E-state index in [1.165, 1.54) is 0 Å². The maximum atomic E-state index is 10.3. The molecule has 0 amide bonds. The van der Waals surface area contributed by atoms with E-state index in [0.29, 0.717) is 6.08 Å². The number of carboxylic acid groups (broad SMARTS) is 2. The number of hydrogen-bond acceptors (Lipinski definition) is 3. The number of carboxylic acids is 2. The lowest BCUT2D eigenvalue weighted by molar-refractivity contribution is -0.135. The number of hydrogen-bond donors (Lipinski definition) is 3. The van der Waals surface area contributed by atoms with Gasteiger partial charge in [-0.15, -0.1) is 0 Å². The summed E-state index contributed by atoms with van der Waals surface area (Å²) in [7, 11) is 0. The standard InChI is InChI=1S/C7H10O5/c8-3-1-2-5(7(11)12)4-6(9)10/h4,8H,1-3H2,(H,9,10)(H,11,12)/b5-4+. The highest BCUT2D eigenvalue weighted by Crippen LogP contribution is 2.04. The molecule has 0 atom stereocenters. The second-order valence-electron chi connectivity index (χ2n) is 2.14. The van der Waals surface area contributed by atoms with Crippen LogP contribution in [0.1, 0.15) is 12.8 Å². The van der Waals surface area contributed by atoms with Crippen molar-refractivity contribution in [3.8, 4) is 0 Å². The molecular weight excluding hydrogens is 164 g/mol. The molecule has 0 aliphatic heterocycles. The average molecular weight is 174 g/mol. The molecule has 0 aromatic carbocycles. The van der Waals surface area contributed by atoms with Crippen molar-refractivity contribution < 1.29 is 24.9 Å². The molecule has 68 valence electrons. The van der Waals surface area contributed by atoms with Crippen LogP contribution in [0.15, 0.2) is 11.6 Å². The fourth-order valence-electron chi connectivity index (χ4n) is 0.659. The van der Waals surface area contributed by atoms with Gasteiger partial charge in [0, 0.05) is 18.3 Å². The van der Waals surface area contributed by atoms with E-state index in [9.17, 15) is 9.59 Å². The Morgan fingerprint density at radius 1 is 1.25 bits per heavy atom. The van der Waals surface area contributed by atoms with Gasteiger partial charge in [-0.2, -0.15) is 0 Å². The smallest absolute Gasteiger partial charge is 0.331 e. The molecule has 5 heteroatoms. The molecule has 0 bridgehead atoms. The highest BCUT2D eigenvalue weighted by molar-refractivity contribution is 5.94. The van der Waals surface area contributed by atoms with E-state index in [-0.39, 0.29) is 25.0 Å². The molecule has 12 heavy (non-hydrogen) atoms. The van der Waals surface area contributed by atoms with Crippen LogP contribution in [0, 0.1) is 0 Å². The zero-order chi connectivity index (χ0) is 9.56. The molecule has 0 rings (SSSR count). The van der Waals surface area contributed by atoms with Crippen molar-refractivity contribution in [2.24, 2.45) is 0 Å². The van der Waals surface area contributed by atoms with E-state index in [0.717, 1.165) is 0 Å². The topological polar surface area (TPSA) is 94.8 Å². The molecule has 0 aromatic rings. The molecule has 0 fully saturated rings. The first-order valence-corrected chi connectivity index (χ1v) is 3.35. The lowest BCUT2D eigenvalue weighted by atomic mass is 10.1. The van der Waals surface area contributed by atoms with Crippen LogP contribution in [0.25, 0.3) is 0 Å². The maximum absolute atomic E-state index is 10.3. The third-order valence-electron chi connectivity index (χ3n) is 1.18. The Hall–Kier alpha value is -1.36. The van der Waals surface area contributed by atoms with Gasteiger partial charge in [0.2, 0.25) is 0 Å². The van der Waals surface area contributed by atoms with Gasteiger partial charge in [-0.05, 0) is 12.8 Å². The second kappa shape index (κ2) is 5.31. The Balaban J connectivity index is 4.23. The molecular formula is C7H10O5. The predicted octanol–water partition coefficient (Wildman–Crippen LogP) is -0.145. The Morgan fingerprint density at radius 2 is 1.83 bits per heavy atom. The van der Waals surface area contributed by atoms with Crippen molar-refractivity contribution >= 4 is 11.9 Å². The molecule has 3 N–H and O–H groups in total. The van der Waals surface area contributed by atoms with E-state index in [2.05, 4.69) is 0 Å². The summed E-state index contributed by atoms with van der Waals surface area (Å²) in [5, 5.41) is 25.0. The van der Waals surface area contributed by atoms with Gasteiger partial charge in [0.25, 0.3) is 0 Å². The van der Waals surface area contributed by atoms with Gasteiger partial charge in [0.05, 0.1) is 0 Å². The summed E-state index contributed by atoms with van der Waals surface area (Å²) in [6.45, 7) is -0.149. The van der Waals surface area contributed by atoms with Gasteiger partial charge in [0.15, 0.2) is 0 Å². The summed E-state index contributed by atoms with van der Waals surface area (Å²) in [5.41, 5.74) is -0.198. The summed E-state index contributed by atoms with van der Waals surface area (Å²) in [6.07, 6.45) is 0.960. The molecule has 0 heterocycles. The van der Waals surface area contributed by atoms with E-state index in [1.54, 1.807) is 0 Å². The van der Waals surface area contributed by atoms with Crippen LogP contribution in [0.5, 0.6) is 0 Å². The molecule has 0 aromatic heterocycles. The van der Waals surface area contributed by atoms with Crippen LogP contribution in [0.3, 0.4) is 0 Å². The molecule has 0 aliphatic carbocycles. The number of aliphatic hydroxyl groups is 1. The molecule has 0 radical (unpaired) electrons. The van der Waals surface area contributed by atoms with E-state index in [1.807, 2.05) is 0 Å². The summed E-state index contributed by atoms with van der Waals surface area (Å²) >= 11 is 0. The zero-order valence-corrected chi connectivity index (χ0v) is 6.36. The van der Waals surface area contributed by atoms with Crippen LogP contribution in [0.2, 0.25) is 0 Å². The number of rotatable bonds is 5. The van der Waals surface area contributed by atoms with Crippen LogP contribution >= 0.6 is 0 Å². The summed E-state index contributed by atoms with van der Waals surface area (Å²) < 4.78 is 0. The van der Waals surface area contributed by atoms with Gasteiger partial charge in [-0.1, -0.05) is 0 Å². The van der Waals surface area contributed by atoms with Gasteiger partial charge >= 0.3 is 11.9 Å². The summed E-state index contributed by atoms with van der Waals surface area (Å²) in [4.78, 5) is 20.4. The normalized spacial score (nSPS) is 11.2. The number of aliphatic carboxylic acids is 2. The van der Waals surface area contributed by atoms with Crippen LogP contribution < -0.4 is 0 Å². The Kier molecular flexibility index (Phi) is 4.71. The molecule has 5 nitrogen and oxygen atoms in total. The number of carbonyl (C=O) groups is 2. The first-order valence-electron chi connectivity index (χ1n) is 3.35. The average Bonchev–Trinajstić information content (AvgIpc) is 1.96. The fraction of sp³-hybridized carbons (Fsp3) is 0.429. The van der Waals surface area contributed by atoms with Crippen LogP contribution in [-0.4, -0.2) is 33.9 Å².